The lowest BCUT2D eigenvalue weighted by Crippen LogP contribution is -2.51. The van der Waals surface area contributed by atoms with Crippen molar-refractivity contribution in [3.63, 3.8) is 0 Å². The molecule has 4 aromatic heterocycles. The van der Waals surface area contributed by atoms with Crippen molar-refractivity contribution in [1.29, 1.82) is 0 Å². The molecule has 6 heterocycles. The molecule has 0 saturated carbocycles. The molecule has 0 radical (unpaired) electrons. The highest BCUT2D eigenvalue weighted by atomic mass is 32.1. The molecule has 4 aromatic rings. The standard InChI is InChI=1S/C28H36N6O2S/c1-15(2)22-23-18(5)25(19-6-9-33(10-7-19)28(35)21-12-29-8-11-36-21)37-27(23)32-24(22)20-13-34-26(30-14-31-34)17(4)16(20)3/h13-15,19,21,29,32H,6-12H2,1-5H3/t21-/m0/s1. The second kappa shape index (κ2) is 9.53. The summed E-state index contributed by atoms with van der Waals surface area (Å²) in [5, 5.41) is 9.07. The van der Waals surface area contributed by atoms with E-state index in [2.05, 4.69) is 61.2 Å². The summed E-state index contributed by atoms with van der Waals surface area (Å²) in [6, 6.07) is 0. The molecule has 196 valence electrons. The zero-order valence-electron chi connectivity index (χ0n) is 22.4. The number of piperidine rings is 1. The van der Waals surface area contributed by atoms with Gasteiger partial charge in [-0.3, -0.25) is 4.79 Å². The first-order valence-corrected chi connectivity index (χ1v) is 14.2. The Hall–Kier alpha value is -2.75. The zero-order valence-corrected chi connectivity index (χ0v) is 23.2. The van der Waals surface area contributed by atoms with Gasteiger partial charge in [-0.2, -0.15) is 5.10 Å². The molecule has 8 nitrogen and oxygen atoms in total. The fraction of sp³-hybridized carbons (Fsp3) is 0.536. The van der Waals surface area contributed by atoms with E-state index in [1.165, 1.54) is 43.0 Å². The molecule has 9 heteroatoms. The lowest BCUT2D eigenvalue weighted by atomic mass is 9.89. The molecule has 2 fully saturated rings. The lowest BCUT2D eigenvalue weighted by Gasteiger charge is -2.35. The Morgan fingerprint density at radius 2 is 1.95 bits per heavy atom. The van der Waals surface area contributed by atoms with E-state index >= 15 is 0 Å². The monoisotopic (exact) mass is 520 g/mol. The van der Waals surface area contributed by atoms with Crippen LogP contribution in [-0.4, -0.2) is 69.3 Å². The molecule has 2 aliphatic heterocycles. The third-order valence-corrected chi connectivity index (χ3v) is 9.68. The Morgan fingerprint density at radius 1 is 1.16 bits per heavy atom. The summed E-state index contributed by atoms with van der Waals surface area (Å²) in [7, 11) is 0. The number of carbonyl (C=O) groups excluding carboxylic acids is 1. The first-order valence-electron chi connectivity index (χ1n) is 13.4. The number of hydrogen-bond donors (Lipinski definition) is 2. The van der Waals surface area contributed by atoms with E-state index in [0.29, 0.717) is 25.0 Å². The minimum atomic E-state index is -0.331. The molecule has 1 atom stereocenters. The molecule has 2 saturated heterocycles. The van der Waals surface area contributed by atoms with Crippen LogP contribution in [0, 0.1) is 20.8 Å². The molecular weight excluding hydrogens is 484 g/mol. The number of morpholine rings is 1. The second-order valence-electron chi connectivity index (χ2n) is 10.8. The van der Waals surface area contributed by atoms with Gasteiger partial charge in [-0.15, -0.1) is 11.3 Å². The van der Waals surface area contributed by atoms with Crippen LogP contribution in [0.25, 0.3) is 27.1 Å². The number of fused-ring (bicyclic) bond motifs is 2. The third kappa shape index (κ3) is 4.08. The number of rotatable bonds is 4. The molecule has 0 aliphatic carbocycles. The average molecular weight is 521 g/mol. The largest absolute Gasteiger partial charge is 0.366 e. The van der Waals surface area contributed by atoms with Crippen LogP contribution in [0.3, 0.4) is 0 Å². The van der Waals surface area contributed by atoms with Gasteiger partial charge < -0.3 is 19.9 Å². The van der Waals surface area contributed by atoms with Crippen LogP contribution in [0.5, 0.6) is 0 Å². The molecule has 0 spiro atoms. The molecule has 6 rings (SSSR count). The van der Waals surface area contributed by atoms with Crippen LogP contribution in [0.4, 0.5) is 0 Å². The van der Waals surface area contributed by atoms with Gasteiger partial charge in [0.15, 0.2) is 5.65 Å². The number of nitrogens with one attached hydrogen (secondary N) is 2. The average Bonchev–Trinajstić information content (AvgIpc) is 3.61. The normalized spacial score (nSPS) is 19.5. The summed E-state index contributed by atoms with van der Waals surface area (Å²) in [4.78, 5) is 25.9. The third-order valence-electron chi connectivity index (χ3n) is 8.31. The summed E-state index contributed by atoms with van der Waals surface area (Å²) in [6.45, 7) is 14.8. The number of amides is 1. The fourth-order valence-electron chi connectivity index (χ4n) is 6.17. The van der Waals surface area contributed by atoms with Crippen LogP contribution in [-0.2, 0) is 9.53 Å². The second-order valence-corrected chi connectivity index (χ2v) is 11.9. The predicted molar refractivity (Wildman–Crippen MR) is 148 cm³/mol. The number of nitrogens with zero attached hydrogens (tertiary/aromatic N) is 4. The summed E-state index contributed by atoms with van der Waals surface area (Å²) in [6.07, 6.45) is 5.40. The van der Waals surface area contributed by atoms with Gasteiger partial charge in [0.2, 0.25) is 0 Å². The van der Waals surface area contributed by atoms with Crippen molar-refractivity contribution in [3.05, 3.63) is 39.7 Å². The van der Waals surface area contributed by atoms with Gasteiger partial charge in [-0.05, 0) is 67.7 Å². The first kappa shape index (κ1) is 24.6. The highest BCUT2D eigenvalue weighted by molar-refractivity contribution is 7.19. The summed E-state index contributed by atoms with van der Waals surface area (Å²) in [5.74, 6) is 1.00. The summed E-state index contributed by atoms with van der Waals surface area (Å²) < 4.78 is 7.59. The predicted octanol–water partition coefficient (Wildman–Crippen LogP) is 4.68. The minimum Gasteiger partial charge on any atom is -0.366 e. The fourth-order valence-corrected chi connectivity index (χ4v) is 7.57. The molecule has 0 unspecified atom stereocenters. The van der Waals surface area contributed by atoms with Crippen molar-refractivity contribution in [2.75, 3.05) is 32.8 Å². The van der Waals surface area contributed by atoms with Crippen LogP contribution >= 0.6 is 11.3 Å². The molecule has 2 N–H and O–H groups in total. The molecule has 0 aromatic carbocycles. The Bertz CT molecular complexity index is 1470. The van der Waals surface area contributed by atoms with Crippen molar-refractivity contribution in [2.24, 2.45) is 0 Å². The van der Waals surface area contributed by atoms with Gasteiger partial charge in [0.1, 0.15) is 17.3 Å². The Balaban J connectivity index is 1.31. The van der Waals surface area contributed by atoms with Gasteiger partial charge in [0, 0.05) is 48.2 Å². The van der Waals surface area contributed by atoms with Gasteiger partial charge in [-0.25, -0.2) is 9.50 Å². The number of H-pyrrole nitrogens is 1. The number of likely N-dealkylation sites (tertiary alicyclic amines) is 1. The zero-order chi connectivity index (χ0) is 25.8. The van der Waals surface area contributed by atoms with Gasteiger partial charge in [-0.1, -0.05) is 13.8 Å². The molecule has 1 amide bonds. The number of aryl methyl sites for hydroxylation is 2. The number of aromatic nitrogens is 4. The Labute approximate surface area is 221 Å². The maximum Gasteiger partial charge on any atom is 0.253 e. The van der Waals surface area contributed by atoms with Crippen molar-refractivity contribution in [3.8, 4) is 11.3 Å². The summed E-state index contributed by atoms with van der Waals surface area (Å²) in [5.41, 5.74) is 8.48. The Morgan fingerprint density at radius 3 is 2.65 bits per heavy atom. The van der Waals surface area contributed by atoms with E-state index in [1.54, 1.807) is 6.33 Å². The van der Waals surface area contributed by atoms with E-state index in [-0.39, 0.29) is 12.0 Å². The van der Waals surface area contributed by atoms with Gasteiger partial charge in [0.25, 0.3) is 5.91 Å². The van der Waals surface area contributed by atoms with Crippen molar-refractivity contribution < 1.29 is 9.53 Å². The number of carbonyl (C=O) groups is 1. The number of pyridine rings is 1. The lowest BCUT2D eigenvalue weighted by molar-refractivity contribution is -0.146. The smallest absolute Gasteiger partial charge is 0.253 e. The van der Waals surface area contributed by atoms with E-state index in [0.717, 1.165) is 43.7 Å². The highest BCUT2D eigenvalue weighted by Crippen LogP contribution is 2.46. The SMILES string of the molecule is Cc1c(-c2[nH]c3sc(C4CCN(C(=O)[C@@H]5CNCCO5)CC4)c(C)c3c2C(C)C)cn2ncnc2c1C. The van der Waals surface area contributed by atoms with Crippen molar-refractivity contribution >= 4 is 33.1 Å². The maximum atomic E-state index is 12.9. The van der Waals surface area contributed by atoms with E-state index < -0.39 is 0 Å². The Kier molecular flexibility index (Phi) is 6.33. The van der Waals surface area contributed by atoms with Crippen LogP contribution < -0.4 is 5.32 Å². The maximum absolute atomic E-state index is 12.9. The van der Waals surface area contributed by atoms with Crippen LogP contribution in [0.15, 0.2) is 12.5 Å². The number of ether oxygens (including phenoxy) is 1. The summed E-state index contributed by atoms with van der Waals surface area (Å²) >= 11 is 1.90. The minimum absolute atomic E-state index is 0.141. The molecule has 0 bridgehead atoms. The van der Waals surface area contributed by atoms with Gasteiger partial charge >= 0.3 is 0 Å². The van der Waals surface area contributed by atoms with Crippen LogP contribution in [0.2, 0.25) is 0 Å². The number of thiophene rings is 1. The van der Waals surface area contributed by atoms with Crippen molar-refractivity contribution in [1.82, 2.24) is 29.8 Å². The van der Waals surface area contributed by atoms with Crippen LogP contribution in [0.1, 0.15) is 65.7 Å². The first-order chi connectivity index (χ1) is 17.8. The van der Waals surface area contributed by atoms with E-state index in [4.69, 9.17) is 4.74 Å². The highest BCUT2D eigenvalue weighted by Gasteiger charge is 2.32. The van der Waals surface area contributed by atoms with Crippen molar-refractivity contribution in [2.45, 2.75) is 65.4 Å². The molecule has 2 aliphatic rings. The number of hydrogen-bond acceptors (Lipinski definition) is 6. The molecular formula is C28H36N6O2S. The van der Waals surface area contributed by atoms with E-state index in [9.17, 15) is 4.79 Å². The molecule has 37 heavy (non-hydrogen) atoms. The van der Waals surface area contributed by atoms with E-state index in [1.807, 2.05) is 20.8 Å². The topological polar surface area (TPSA) is 87.5 Å². The van der Waals surface area contributed by atoms with Gasteiger partial charge in [0.05, 0.1) is 12.3 Å². The quantitative estimate of drug-likeness (QED) is 0.408. The number of aromatic amines is 1.